The van der Waals surface area contributed by atoms with E-state index in [2.05, 4.69) is 12.1 Å². The maximum Gasteiger partial charge on any atom is 0.416 e. The summed E-state index contributed by atoms with van der Waals surface area (Å²) >= 11 is 2.60. The van der Waals surface area contributed by atoms with Gasteiger partial charge in [0, 0.05) is 34.3 Å². The number of ether oxygens (including phenoxy) is 2. The highest BCUT2D eigenvalue weighted by atomic mass is 32.2. The van der Waals surface area contributed by atoms with Crippen molar-refractivity contribution in [2.75, 3.05) is 34.5 Å². The Kier molecular flexibility index (Phi) is 16.3. The van der Waals surface area contributed by atoms with Crippen molar-refractivity contribution in [1.29, 1.82) is 10.5 Å². The number of nitriles is 2. The van der Waals surface area contributed by atoms with E-state index in [9.17, 15) is 46.5 Å². The summed E-state index contributed by atoms with van der Waals surface area (Å²) < 4.78 is 94.8. The second-order valence-electron chi connectivity index (χ2n) is 15.1. The van der Waals surface area contributed by atoms with Gasteiger partial charge in [0.1, 0.15) is 12.1 Å². The van der Waals surface area contributed by atoms with Gasteiger partial charge < -0.3 is 9.47 Å². The fourth-order valence-corrected chi connectivity index (χ4v) is 9.61. The molecular formula is C49H44F6N6O4S2. The van der Waals surface area contributed by atoms with Gasteiger partial charge in [0.2, 0.25) is 0 Å². The molecule has 0 saturated carbocycles. The summed E-state index contributed by atoms with van der Waals surface area (Å²) in [6.07, 6.45) is -7.41. The van der Waals surface area contributed by atoms with Crippen LogP contribution in [0.2, 0.25) is 0 Å². The number of halogens is 6. The van der Waals surface area contributed by atoms with Crippen molar-refractivity contribution in [2.45, 2.75) is 71.4 Å². The number of carbonyl (C=O) groups is 2. The molecule has 2 aliphatic heterocycles. The van der Waals surface area contributed by atoms with Gasteiger partial charge in [-0.05, 0) is 112 Å². The van der Waals surface area contributed by atoms with Crippen LogP contribution >= 0.6 is 23.5 Å². The zero-order valence-corrected chi connectivity index (χ0v) is 38.4. The van der Waals surface area contributed by atoms with E-state index < -0.39 is 47.5 Å². The van der Waals surface area contributed by atoms with Gasteiger partial charge >= 0.3 is 24.3 Å². The zero-order chi connectivity index (χ0) is 48.5. The van der Waals surface area contributed by atoms with Crippen LogP contribution in [-0.2, 0) is 31.4 Å². The average Bonchev–Trinajstić information content (AvgIpc) is 3.30. The third kappa shape index (κ3) is 11.7. The van der Waals surface area contributed by atoms with Crippen LogP contribution in [-0.4, -0.2) is 47.0 Å². The number of unbranched alkanes of at least 4 members (excludes halogenated alkanes) is 2. The number of thioether (sulfide) groups is 2. The minimum Gasteiger partial charge on any atom is -0.463 e. The topological polar surface area (TPSA) is 131 Å². The van der Waals surface area contributed by atoms with Crippen molar-refractivity contribution < 1.29 is 45.4 Å². The normalized spacial score (nSPS) is 16.5. The van der Waals surface area contributed by atoms with Gasteiger partial charge in [0.15, 0.2) is 10.3 Å². The molecule has 2 heterocycles. The molecule has 0 fully saturated rings. The molecule has 2 atom stereocenters. The number of carbonyl (C=O) groups excluding carboxylic acids is 2. The quantitative estimate of drug-likeness (QED) is 0.0683. The summed E-state index contributed by atoms with van der Waals surface area (Å²) in [7, 11) is 0. The predicted molar refractivity (Wildman–Crippen MR) is 248 cm³/mol. The van der Waals surface area contributed by atoms with Crippen LogP contribution in [0.4, 0.5) is 37.7 Å². The van der Waals surface area contributed by atoms with E-state index >= 15 is 0 Å². The van der Waals surface area contributed by atoms with Crippen molar-refractivity contribution in [3.8, 4) is 12.1 Å². The number of nitrogens with zero attached hydrogens (tertiary/aromatic N) is 6. The molecule has 0 spiro atoms. The highest BCUT2D eigenvalue weighted by Gasteiger charge is 2.39. The number of alkyl halides is 6. The van der Waals surface area contributed by atoms with E-state index in [4.69, 9.17) is 19.5 Å². The number of esters is 2. The van der Waals surface area contributed by atoms with Gasteiger partial charge in [-0.15, -0.1) is 0 Å². The predicted octanol–water partition coefficient (Wildman–Crippen LogP) is 12.3. The second-order valence-corrected chi connectivity index (χ2v) is 17.2. The van der Waals surface area contributed by atoms with Crippen LogP contribution in [0.25, 0.3) is 0 Å². The Bertz CT molecular complexity index is 2500. The molecular weight excluding hydrogens is 915 g/mol. The van der Waals surface area contributed by atoms with Crippen LogP contribution in [0, 0.1) is 22.7 Å². The SMILES string of the molecule is CCOC(=O)C1=C(C)N(c2cccc(C(F)(F)F)c2)C(SCCCCCSC2=N[C@@H](c3ccc(C#N)cc3)C(C(=O)OCC)=C(C)N2c2cccc(C(F)(F)F)c2)=N[C@H]1c1ccc(C#N)cc1. The van der Waals surface area contributed by atoms with Gasteiger partial charge in [-0.25, -0.2) is 19.6 Å². The molecule has 6 rings (SSSR count). The van der Waals surface area contributed by atoms with Crippen LogP contribution in [0.5, 0.6) is 0 Å². The first kappa shape index (κ1) is 49.9. The number of hydrogen-bond acceptors (Lipinski definition) is 12. The molecule has 67 heavy (non-hydrogen) atoms. The molecule has 0 radical (unpaired) electrons. The Labute approximate surface area is 392 Å². The Morgan fingerprint density at radius 2 is 0.985 bits per heavy atom. The lowest BCUT2D eigenvalue weighted by Crippen LogP contribution is -2.35. The van der Waals surface area contributed by atoms with Crippen LogP contribution in [0.3, 0.4) is 0 Å². The van der Waals surface area contributed by atoms with Crippen molar-refractivity contribution in [2.24, 2.45) is 9.98 Å². The maximum absolute atomic E-state index is 14.0. The molecule has 4 aromatic carbocycles. The summed E-state index contributed by atoms with van der Waals surface area (Å²) in [5, 5.41) is 19.5. The Balaban J connectivity index is 1.25. The fourth-order valence-electron chi connectivity index (χ4n) is 7.45. The van der Waals surface area contributed by atoms with E-state index in [-0.39, 0.29) is 35.7 Å². The molecule has 2 aliphatic rings. The number of rotatable bonds is 14. The first-order chi connectivity index (χ1) is 32.0. The van der Waals surface area contributed by atoms with Gasteiger partial charge in [-0.3, -0.25) is 9.80 Å². The average molecular weight is 959 g/mol. The molecule has 0 aromatic heterocycles. The van der Waals surface area contributed by atoms with Crippen LogP contribution < -0.4 is 9.80 Å². The van der Waals surface area contributed by atoms with Gasteiger partial charge in [-0.2, -0.15) is 36.9 Å². The second kappa shape index (κ2) is 21.9. The molecule has 18 heteroatoms. The maximum atomic E-state index is 14.0. The molecule has 0 amide bonds. The number of aliphatic imine (C=N–C) groups is 2. The van der Waals surface area contributed by atoms with E-state index in [0.29, 0.717) is 74.8 Å². The largest absolute Gasteiger partial charge is 0.463 e. The fraction of sp³-hybridized carbons (Fsp3) is 0.306. The lowest BCUT2D eigenvalue weighted by atomic mass is 9.95. The van der Waals surface area contributed by atoms with Crippen molar-refractivity contribution in [1.82, 2.24) is 0 Å². The van der Waals surface area contributed by atoms with E-state index in [1.54, 1.807) is 76.2 Å². The summed E-state index contributed by atoms with van der Waals surface area (Å²) in [4.78, 5) is 40.1. The summed E-state index contributed by atoms with van der Waals surface area (Å²) in [5.41, 5.74) is 1.37. The number of amidine groups is 2. The van der Waals surface area contributed by atoms with Crippen molar-refractivity contribution in [3.05, 3.63) is 153 Å². The van der Waals surface area contributed by atoms with Crippen LogP contribution in [0.1, 0.15) is 92.4 Å². The highest BCUT2D eigenvalue weighted by molar-refractivity contribution is 8.14. The molecule has 0 unspecified atom stereocenters. The number of anilines is 2. The first-order valence-electron chi connectivity index (χ1n) is 21.1. The monoisotopic (exact) mass is 958 g/mol. The summed E-state index contributed by atoms with van der Waals surface area (Å²) in [6, 6.07) is 24.9. The standard InChI is InChI=1S/C49H44F6N6O4S2/c1-5-64-44(62)40-30(3)60(38-14-10-12-36(26-38)48(50,51)52)46(58-42(40)34-20-16-32(28-56)17-21-34)66-24-8-7-9-25-67-47-59-43(35-22-18-33(29-57)19-23-35)41(45(63)65-6-2)31(4)61(47)39-15-11-13-37(27-39)49(53,54)55/h10-23,26-27,42-43H,5-9,24-25H2,1-4H3/t42-,43-/m0/s1. The van der Waals surface area contributed by atoms with Crippen molar-refractivity contribution >= 4 is 57.2 Å². The summed E-state index contributed by atoms with van der Waals surface area (Å²) in [6.45, 7) is 6.63. The van der Waals surface area contributed by atoms with Gasteiger partial charge in [0.05, 0.1) is 58.8 Å². The van der Waals surface area contributed by atoms with E-state index in [1.165, 1.54) is 57.6 Å². The lowest BCUT2D eigenvalue weighted by molar-refractivity contribution is -0.139. The van der Waals surface area contributed by atoms with Crippen LogP contribution in [0.15, 0.2) is 130 Å². The number of benzene rings is 4. The third-order valence-corrected chi connectivity index (χ3v) is 12.8. The highest BCUT2D eigenvalue weighted by Crippen LogP contribution is 2.43. The minimum absolute atomic E-state index is 0.0438. The van der Waals surface area contributed by atoms with Crippen molar-refractivity contribution in [3.63, 3.8) is 0 Å². The minimum atomic E-state index is -4.64. The Hall–Kier alpha value is -6.50. The molecule has 0 saturated heterocycles. The van der Waals surface area contributed by atoms with Gasteiger partial charge in [-0.1, -0.05) is 66.3 Å². The first-order valence-corrected chi connectivity index (χ1v) is 23.1. The zero-order valence-electron chi connectivity index (χ0n) is 36.7. The molecule has 0 N–H and O–H groups in total. The lowest BCUT2D eigenvalue weighted by Gasteiger charge is -2.35. The van der Waals surface area contributed by atoms with Gasteiger partial charge in [0.25, 0.3) is 0 Å². The summed E-state index contributed by atoms with van der Waals surface area (Å²) in [5.74, 6) is -0.443. The third-order valence-electron chi connectivity index (χ3n) is 10.7. The molecule has 0 bridgehead atoms. The smallest absolute Gasteiger partial charge is 0.416 e. The molecule has 4 aromatic rings. The number of allylic oxidation sites excluding steroid dienone is 2. The van der Waals surface area contributed by atoms with E-state index in [1.807, 2.05) is 0 Å². The number of hydrogen-bond donors (Lipinski definition) is 0. The molecule has 0 aliphatic carbocycles. The molecule has 10 nitrogen and oxygen atoms in total. The van der Waals surface area contributed by atoms with E-state index in [0.717, 1.165) is 24.3 Å². The Morgan fingerprint density at radius 1 is 0.612 bits per heavy atom. The Morgan fingerprint density at radius 3 is 1.31 bits per heavy atom. The molecule has 348 valence electrons.